The normalized spacial score (nSPS) is 12.2. The molecule has 0 spiro atoms. The maximum atomic E-state index is 12.4. The number of nitrogens with one attached hydrogen (secondary N) is 1. The fourth-order valence-electron chi connectivity index (χ4n) is 2.30. The summed E-state index contributed by atoms with van der Waals surface area (Å²) in [5.41, 5.74) is 2.01. The van der Waals surface area contributed by atoms with Gasteiger partial charge >= 0.3 is 5.97 Å². The summed E-state index contributed by atoms with van der Waals surface area (Å²) < 4.78 is 1.70. The summed E-state index contributed by atoms with van der Waals surface area (Å²) in [6.07, 6.45) is 1.50. The number of carbonyl (C=O) groups is 2. The van der Waals surface area contributed by atoms with E-state index in [1.54, 1.807) is 23.7 Å². The SMILES string of the molecule is CC(CNC(=O)c1cnn(-c2ccc(Cl)cc2)c1C(C)C)C(=O)O. The predicted molar refractivity (Wildman–Crippen MR) is 91.8 cm³/mol. The third kappa shape index (κ3) is 3.94. The van der Waals surface area contributed by atoms with Gasteiger partial charge in [0.1, 0.15) is 0 Å². The fraction of sp³-hybridized carbons (Fsp3) is 0.353. The second-order valence-corrected chi connectivity index (χ2v) is 6.37. The van der Waals surface area contributed by atoms with E-state index in [-0.39, 0.29) is 18.4 Å². The summed E-state index contributed by atoms with van der Waals surface area (Å²) >= 11 is 5.91. The van der Waals surface area contributed by atoms with Crippen molar-refractivity contribution in [3.8, 4) is 5.69 Å². The molecule has 0 aliphatic carbocycles. The number of benzene rings is 1. The summed E-state index contributed by atoms with van der Waals surface area (Å²) in [6.45, 7) is 5.56. The van der Waals surface area contributed by atoms with E-state index in [1.807, 2.05) is 26.0 Å². The number of nitrogens with zero attached hydrogens (tertiary/aromatic N) is 2. The number of hydrogen-bond donors (Lipinski definition) is 2. The van der Waals surface area contributed by atoms with Gasteiger partial charge in [0.25, 0.3) is 5.91 Å². The number of amides is 1. The van der Waals surface area contributed by atoms with Crippen LogP contribution in [-0.4, -0.2) is 33.3 Å². The van der Waals surface area contributed by atoms with Gasteiger partial charge in [-0.05, 0) is 30.2 Å². The first-order valence-corrected chi connectivity index (χ1v) is 8.04. The predicted octanol–water partition coefficient (Wildman–Crippen LogP) is 3.10. The van der Waals surface area contributed by atoms with Crippen LogP contribution < -0.4 is 5.32 Å². The Bertz CT molecular complexity index is 738. The van der Waals surface area contributed by atoms with Crippen LogP contribution in [0.1, 0.15) is 42.7 Å². The molecule has 0 aliphatic heterocycles. The van der Waals surface area contributed by atoms with Crippen LogP contribution in [0.25, 0.3) is 5.69 Å². The summed E-state index contributed by atoms with van der Waals surface area (Å²) in [4.78, 5) is 23.3. The number of halogens is 1. The molecule has 2 N–H and O–H groups in total. The molecule has 0 aliphatic rings. The van der Waals surface area contributed by atoms with E-state index >= 15 is 0 Å². The van der Waals surface area contributed by atoms with Crippen LogP contribution >= 0.6 is 11.6 Å². The largest absolute Gasteiger partial charge is 0.481 e. The zero-order chi connectivity index (χ0) is 17.9. The van der Waals surface area contributed by atoms with Crippen LogP contribution in [0.5, 0.6) is 0 Å². The second kappa shape index (κ2) is 7.49. The molecule has 1 unspecified atom stereocenters. The zero-order valence-corrected chi connectivity index (χ0v) is 14.5. The lowest BCUT2D eigenvalue weighted by atomic mass is 10.0. The molecule has 1 aromatic heterocycles. The Morgan fingerprint density at radius 1 is 1.25 bits per heavy atom. The molecular weight excluding hydrogens is 330 g/mol. The Labute approximate surface area is 145 Å². The Hall–Kier alpha value is -2.34. The lowest BCUT2D eigenvalue weighted by Crippen LogP contribution is -2.32. The molecular formula is C17H20ClN3O3. The maximum Gasteiger partial charge on any atom is 0.308 e. The van der Waals surface area contributed by atoms with Crippen LogP contribution in [0.2, 0.25) is 5.02 Å². The van der Waals surface area contributed by atoms with Gasteiger partial charge in [0, 0.05) is 11.6 Å². The van der Waals surface area contributed by atoms with Crippen molar-refractivity contribution in [2.75, 3.05) is 6.54 Å². The average Bonchev–Trinajstić information content (AvgIpc) is 2.98. The molecule has 6 nitrogen and oxygen atoms in total. The standard InChI is InChI=1S/C17H20ClN3O3/c1-10(2)15-14(16(22)19-8-11(3)17(23)24)9-20-21(15)13-6-4-12(18)5-7-13/h4-7,9-11H,8H2,1-3H3,(H,19,22)(H,23,24). The van der Waals surface area contributed by atoms with Crippen LogP contribution in [0, 0.1) is 5.92 Å². The van der Waals surface area contributed by atoms with E-state index in [0.717, 1.165) is 11.4 Å². The Balaban J connectivity index is 2.29. The highest BCUT2D eigenvalue weighted by atomic mass is 35.5. The molecule has 1 aromatic carbocycles. The molecule has 1 heterocycles. The summed E-state index contributed by atoms with van der Waals surface area (Å²) in [5, 5.41) is 16.5. The van der Waals surface area contributed by atoms with Crippen molar-refractivity contribution in [3.05, 3.63) is 46.7 Å². The van der Waals surface area contributed by atoms with Gasteiger partial charge in [-0.1, -0.05) is 32.4 Å². The summed E-state index contributed by atoms with van der Waals surface area (Å²) in [5.74, 6) is -1.87. The van der Waals surface area contributed by atoms with Crippen molar-refractivity contribution >= 4 is 23.5 Å². The van der Waals surface area contributed by atoms with Gasteiger partial charge in [-0.25, -0.2) is 4.68 Å². The molecule has 0 saturated carbocycles. The molecule has 1 atom stereocenters. The number of carboxylic acid groups (broad SMARTS) is 1. The van der Waals surface area contributed by atoms with Gasteiger partial charge in [-0.2, -0.15) is 5.10 Å². The number of hydrogen-bond acceptors (Lipinski definition) is 3. The average molecular weight is 350 g/mol. The minimum atomic E-state index is -0.948. The number of aromatic nitrogens is 2. The quantitative estimate of drug-likeness (QED) is 0.839. The van der Waals surface area contributed by atoms with E-state index in [1.165, 1.54) is 6.20 Å². The Kier molecular flexibility index (Phi) is 5.62. The molecule has 2 aromatic rings. The highest BCUT2D eigenvalue weighted by Gasteiger charge is 2.22. The van der Waals surface area contributed by atoms with Crippen LogP contribution in [0.15, 0.2) is 30.5 Å². The van der Waals surface area contributed by atoms with E-state index in [4.69, 9.17) is 16.7 Å². The van der Waals surface area contributed by atoms with Crippen molar-refractivity contribution in [2.24, 2.45) is 5.92 Å². The zero-order valence-electron chi connectivity index (χ0n) is 13.8. The van der Waals surface area contributed by atoms with Crippen molar-refractivity contribution in [1.82, 2.24) is 15.1 Å². The Morgan fingerprint density at radius 2 is 1.88 bits per heavy atom. The Morgan fingerprint density at radius 3 is 2.42 bits per heavy atom. The van der Waals surface area contributed by atoms with Crippen molar-refractivity contribution in [3.63, 3.8) is 0 Å². The van der Waals surface area contributed by atoms with Crippen molar-refractivity contribution < 1.29 is 14.7 Å². The monoisotopic (exact) mass is 349 g/mol. The van der Waals surface area contributed by atoms with Crippen molar-refractivity contribution in [1.29, 1.82) is 0 Å². The lowest BCUT2D eigenvalue weighted by molar-refractivity contribution is -0.140. The topological polar surface area (TPSA) is 84.2 Å². The molecule has 0 saturated heterocycles. The van der Waals surface area contributed by atoms with Gasteiger partial charge in [0.15, 0.2) is 0 Å². The number of carbonyl (C=O) groups excluding carboxylic acids is 1. The molecule has 1 amide bonds. The molecule has 0 bridgehead atoms. The summed E-state index contributed by atoms with van der Waals surface area (Å²) in [6, 6.07) is 7.18. The van der Waals surface area contributed by atoms with Crippen LogP contribution in [-0.2, 0) is 4.79 Å². The number of aliphatic carboxylic acids is 1. The smallest absolute Gasteiger partial charge is 0.308 e. The third-order valence-electron chi connectivity index (χ3n) is 3.66. The van der Waals surface area contributed by atoms with E-state index in [0.29, 0.717) is 10.6 Å². The summed E-state index contributed by atoms with van der Waals surface area (Å²) in [7, 11) is 0. The minimum Gasteiger partial charge on any atom is -0.481 e. The lowest BCUT2D eigenvalue weighted by Gasteiger charge is -2.13. The van der Waals surface area contributed by atoms with Crippen LogP contribution in [0.4, 0.5) is 0 Å². The van der Waals surface area contributed by atoms with Gasteiger partial charge in [-0.3, -0.25) is 9.59 Å². The maximum absolute atomic E-state index is 12.4. The van der Waals surface area contributed by atoms with E-state index in [2.05, 4.69) is 10.4 Å². The van der Waals surface area contributed by atoms with Gasteiger partial charge in [0.2, 0.25) is 0 Å². The minimum absolute atomic E-state index is 0.0563. The van der Waals surface area contributed by atoms with Crippen LogP contribution in [0.3, 0.4) is 0 Å². The molecule has 24 heavy (non-hydrogen) atoms. The molecule has 2 rings (SSSR count). The van der Waals surface area contributed by atoms with E-state index in [9.17, 15) is 9.59 Å². The van der Waals surface area contributed by atoms with Gasteiger partial charge in [-0.15, -0.1) is 0 Å². The first-order chi connectivity index (χ1) is 11.3. The molecule has 7 heteroatoms. The molecule has 0 fully saturated rings. The number of carboxylic acids is 1. The first-order valence-electron chi connectivity index (χ1n) is 7.66. The highest BCUT2D eigenvalue weighted by molar-refractivity contribution is 6.30. The second-order valence-electron chi connectivity index (χ2n) is 5.94. The van der Waals surface area contributed by atoms with E-state index < -0.39 is 11.9 Å². The van der Waals surface area contributed by atoms with Gasteiger partial charge in [0.05, 0.1) is 29.1 Å². The number of rotatable bonds is 6. The highest BCUT2D eigenvalue weighted by Crippen LogP contribution is 2.24. The fourth-order valence-corrected chi connectivity index (χ4v) is 2.43. The third-order valence-corrected chi connectivity index (χ3v) is 3.91. The van der Waals surface area contributed by atoms with Crippen molar-refractivity contribution in [2.45, 2.75) is 26.7 Å². The molecule has 128 valence electrons. The molecule has 0 radical (unpaired) electrons. The van der Waals surface area contributed by atoms with Gasteiger partial charge < -0.3 is 10.4 Å². The first kappa shape index (κ1) is 18.0.